The fourth-order valence-corrected chi connectivity index (χ4v) is 2.44. The molecule has 0 aromatic carbocycles. The molecule has 0 aliphatic heterocycles. The van der Waals surface area contributed by atoms with E-state index in [2.05, 4.69) is 48.6 Å². The van der Waals surface area contributed by atoms with Crippen LogP contribution in [-0.2, 0) is 26.2 Å². The third kappa shape index (κ3) is 3.40. The van der Waals surface area contributed by atoms with E-state index >= 15 is 0 Å². The zero-order valence-electron chi connectivity index (χ0n) is 9.42. The summed E-state index contributed by atoms with van der Waals surface area (Å²) >= 11 is 0. The smallest absolute Gasteiger partial charge is 0.0431 e. The van der Waals surface area contributed by atoms with E-state index in [4.69, 9.17) is 5.11 Å². The molecule has 2 aliphatic carbocycles. The first-order chi connectivity index (χ1) is 7.42. The number of allylic oxidation sites excluding steroid dienone is 8. The van der Waals surface area contributed by atoms with E-state index in [1.165, 1.54) is 0 Å². The predicted octanol–water partition coefficient (Wildman–Crippen LogP) is 2.86. The monoisotopic (exact) mass is 292 g/mol. The van der Waals surface area contributed by atoms with Crippen LogP contribution in [-0.4, -0.2) is 11.7 Å². The average Bonchev–Trinajstić information content (AvgIpc) is 2.90. The molecule has 0 fully saturated rings. The zero-order valence-corrected chi connectivity index (χ0v) is 11.9. The van der Waals surface area contributed by atoms with Gasteiger partial charge in [-0.15, -0.1) is 0 Å². The maximum Gasteiger partial charge on any atom is 0.0431 e. The van der Waals surface area contributed by atoms with Crippen LogP contribution in [0.4, 0.5) is 0 Å². The fourth-order valence-electron chi connectivity index (χ4n) is 2.44. The normalized spacial score (nSPS) is 18.9. The number of hydrogen-bond donors (Lipinski definition) is 1. The van der Waals surface area contributed by atoms with Crippen molar-refractivity contribution in [3.05, 3.63) is 48.6 Å². The van der Waals surface area contributed by atoms with Crippen LogP contribution in [0, 0.1) is 17.8 Å². The number of hydrogen-bond acceptors (Lipinski definition) is 1. The fraction of sp³-hybridized carbons (Fsp3) is 0.429. The molecular weight excluding hydrogens is 275 g/mol. The molecule has 0 aromatic rings. The predicted molar refractivity (Wildman–Crippen MR) is 63.3 cm³/mol. The third-order valence-electron chi connectivity index (χ3n) is 3.24. The minimum Gasteiger partial charge on any atom is -0.396 e. The number of rotatable bonds is 5. The first-order valence-corrected chi connectivity index (χ1v) is 5.72. The molecule has 0 bridgehead atoms. The van der Waals surface area contributed by atoms with E-state index in [9.17, 15) is 0 Å². The first kappa shape index (κ1) is 13.9. The molecular formula is C14H18OZr. The topological polar surface area (TPSA) is 20.2 Å². The van der Waals surface area contributed by atoms with Crippen molar-refractivity contribution in [2.24, 2.45) is 17.8 Å². The molecule has 16 heavy (non-hydrogen) atoms. The summed E-state index contributed by atoms with van der Waals surface area (Å²) in [5.41, 5.74) is 0. The van der Waals surface area contributed by atoms with Gasteiger partial charge in [-0.05, 0) is 30.6 Å². The Morgan fingerprint density at radius 1 is 0.875 bits per heavy atom. The SMILES string of the molecule is OCCCC(C1C=CC=C1)C1C=CC=C1.[Zr]. The standard InChI is InChI=1S/C14H18O.Zr/c15-11-5-10-14(12-6-1-2-7-12)13-8-3-4-9-13;/h1-4,6-9,12-15H,5,10-11H2;. The Morgan fingerprint density at radius 2 is 1.31 bits per heavy atom. The molecule has 1 N–H and O–H groups in total. The van der Waals surface area contributed by atoms with E-state index in [1.807, 2.05) is 0 Å². The quantitative estimate of drug-likeness (QED) is 0.826. The molecule has 1 nitrogen and oxygen atoms in total. The molecule has 2 heteroatoms. The van der Waals surface area contributed by atoms with Crippen LogP contribution in [0.5, 0.6) is 0 Å². The van der Waals surface area contributed by atoms with Gasteiger partial charge in [0, 0.05) is 32.8 Å². The maximum absolute atomic E-state index is 8.93. The van der Waals surface area contributed by atoms with Gasteiger partial charge < -0.3 is 5.11 Å². The van der Waals surface area contributed by atoms with Crippen LogP contribution < -0.4 is 0 Å². The van der Waals surface area contributed by atoms with Crippen LogP contribution in [0.3, 0.4) is 0 Å². The Bertz CT molecular complexity index is 263. The van der Waals surface area contributed by atoms with E-state index in [0.29, 0.717) is 24.4 Å². The third-order valence-corrected chi connectivity index (χ3v) is 3.24. The molecule has 2 aliphatic rings. The van der Waals surface area contributed by atoms with E-state index < -0.39 is 0 Å². The van der Waals surface area contributed by atoms with Gasteiger partial charge in [-0.2, -0.15) is 0 Å². The van der Waals surface area contributed by atoms with Crippen molar-refractivity contribution in [1.29, 1.82) is 0 Å². The molecule has 0 aromatic heterocycles. The van der Waals surface area contributed by atoms with Crippen molar-refractivity contribution in [3.63, 3.8) is 0 Å². The van der Waals surface area contributed by atoms with E-state index in [-0.39, 0.29) is 26.2 Å². The number of aliphatic hydroxyl groups is 1. The molecule has 84 valence electrons. The molecule has 0 radical (unpaired) electrons. The largest absolute Gasteiger partial charge is 0.396 e. The molecule has 0 atom stereocenters. The molecule has 0 spiro atoms. The van der Waals surface area contributed by atoms with Gasteiger partial charge in [-0.25, -0.2) is 0 Å². The summed E-state index contributed by atoms with van der Waals surface area (Å²) in [7, 11) is 0. The molecule has 0 heterocycles. The van der Waals surface area contributed by atoms with Crippen molar-refractivity contribution in [2.75, 3.05) is 6.61 Å². The maximum atomic E-state index is 8.93. The van der Waals surface area contributed by atoms with Gasteiger partial charge in [0.05, 0.1) is 0 Å². The van der Waals surface area contributed by atoms with Crippen molar-refractivity contribution in [1.82, 2.24) is 0 Å². The van der Waals surface area contributed by atoms with Crippen LogP contribution in [0.1, 0.15) is 12.8 Å². The second kappa shape index (κ2) is 7.19. The molecule has 0 amide bonds. The van der Waals surface area contributed by atoms with Gasteiger partial charge in [0.25, 0.3) is 0 Å². The molecule has 0 saturated carbocycles. The van der Waals surface area contributed by atoms with Gasteiger partial charge in [0.2, 0.25) is 0 Å². The summed E-state index contributed by atoms with van der Waals surface area (Å²) in [5, 5.41) is 8.93. The van der Waals surface area contributed by atoms with Gasteiger partial charge in [-0.1, -0.05) is 48.6 Å². The van der Waals surface area contributed by atoms with Crippen molar-refractivity contribution < 1.29 is 31.3 Å². The summed E-state index contributed by atoms with van der Waals surface area (Å²) in [5.74, 6) is 1.71. The van der Waals surface area contributed by atoms with Gasteiger partial charge in [-0.3, -0.25) is 0 Å². The van der Waals surface area contributed by atoms with Crippen molar-refractivity contribution in [2.45, 2.75) is 12.8 Å². The van der Waals surface area contributed by atoms with Gasteiger partial charge >= 0.3 is 0 Å². The van der Waals surface area contributed by atoms with E-state index in [0.717, 1.165) is 12.8 Å². The summed E-state index contributed by atoms with van der Waals surface area (Å²) in [6, 6.07) is 0. The Balaban J connectivity index is 0.00000128. The molecule has 0 saturated heterocycles. The summed E-state index contributed by atoms with van der Waals surface area (Å²) in [6.45, 7) is 0.302. The number of aliphatic hydroxyl groups excluding tert-OH is 1. The first-order valence-electron chi connectivity index (χ1n) is 5.72. The van der Waals surface area contributed by atoms with Crippen LogP contribution >= 0.6 is 0 Å². The minimum atomic E-state index is 0. The van der Waals surface area contributed by atoms with Gasteiger partial charge in [0.15, 0.2) is 0 Å². The Morgan fingerprint density at radius 3 is 1.69 bits per heavy atom. The van der Waals surface area contributed by atoms with Crippen LogP contribution in [0.2, 0.25) is 0 Å². The van der Waals surface area contributed by atoms with Gasteiger partial charge in [0.1, 0.15) is 0 Å². The van der Waals surface area contributed by atoms with E-state index in [1.54, 1.807) is 0 Å². The summed E-state index contributed by atoms with van der Waals surface area (Å²) in [6.07, 6.45) is 19.6. The average molecular weight is 294 g/mol. The Kier molecular flexibility index (Phi) is 6.23. The van der Waals surface area contributed by atoms with Crippen LogP contribution in [0.15, 0.2) is 48.6 Å². The molecule has 0 unspecified atom stereocenters. The van der Waals surface area contributed by atoms with Crippen molar-refractivity contribution in [3.8, 4) is 0 Å². The minimum absolute atomic E-state index is 0. The Hall–Kier alpha value is -0.197. The zero-order chi connectivity index (χ0) is 10.5. The summed E-state index contributed by atoms with van der Waals surface area (Å²) in [4.78, 5) is 0. The van der Waals surface area contributed by atoms with Crippen molar-refractivity contribution >= 4 is 0 Å². The Labute approximate surface area is 117 Å². The molecule has 2 rings (SSSR count). The second-order valence-electron chi connectivity index (χ2n) is 4.22. The second-order valence-corrected chi connectivity index (χ2v) is 4.22. The van der Waals surface area contributed by atoms with Crippen LogP contribution in [0.25, 0.3) is 0 Å². The summed E-state index contributed by atoms with van der Waals surface area (Å²) < 4.78 is 0.